The van der Waals surface area contributed by atoms with Crippen molar-refractivity contribution in [3.8, 4) is 0 Å². The van der Waals surface area contributed by atoms with E-state index in [1.54, 1.807) is 0 Å². The Bertz CT molecular complexity index is 621. The van der Waals surface area contributed by atoms with Crippen LogP contribution in [0.1, 0.15) is 25.7 Å². The van der Waals surface area contributed by atoms with E-state index in [1.807, 2.05) is 30.1 Å². The predicted molar refractivity (Wildman–Crippen MR) is 84.1 cm³/mol. The predicted octanol–water partition coefficient (Wildman–Crippen LogP) is 3.42. The second-order valence-electron chi connectivity index (χ2n) is 5.19. The van der Waals surface area contributed by atoms with Crippen molar-refractivity contribution >= 4 is 16.8 Å². The number of rotatable bonds is 7. The molecule has 0 aliphatic carbocycles. The molecule has 0 saturated heterocycles. The first kappa shape index (κ1) is 15.5. The van der Waals surface area contributed by atoms with E-state index in [2.05, 4.69) is 11.9 Å². The van der Waals surface area contributed by atoms with Gasteiger partial charge in [-0.1, -0.05) is 13.3 Å². The van der Waals surface area contributed by atoms with Crippen LogP contribution in [0, 0.1) is 0 Å². The highest BCUT2D eigenvalue weighted by atomic mass is 19.1. The van der Waals surface area contributed by atoms with Crippen molar-refractivity contribution in [2.24, 2.45) is 5.73 Å². The number of oxazole rings is 1. The molecule has 114 valence electrons. The van der Waals surface area contributed by atoms with Crippen molar-refractivity contribution in [2.75, 3.05) is 25.0 Å². The summed E-state index contributed by atoms with van der Waals surface area (Å²) >= 11 is 0. The van der Waals surface area contributed by atoms with Crippen LogP contribution >= 0.6 is 0 Å². The molecule has 1 aromatic carbocycles. The number of likely N-dealkylation sites (N-methyl/N-ethyl adjacent to an activating group) is 1. The van der Waals surface area contributed by atoms with E-state index in [9.17, 15) is 4.39 Å². The number of hydrogen-bond acceptors (Lipinski definition) is 4. The monoisotopic (exact) mass is 291 g/mol. The standard InChI is InChI=1S/C16H22FN3O/c1-3-4-5-16-19-14-7-6-13(8-15(14)21-16)20(2)11-12(9-17)10-18/h6-9H,3-5,10-11,18H2,1-2H3/b12-9+. The Morgan fingerprint density at radius 2 is 2.29 bits per heavy atom. The van der Waals surface area contributed by atoms with Crippen LogP contribution in [-0.2, 0) is 6.42 Å². The summed E-state index contributed by atoms with van der Waals surface area (Å²) in [5.41, 5.74) is 8.62. The van der Waals surface area contributed by atoms with Gasteiger partial charge in [-0.2, -0.15) is 0 Å². The van der Waals surface area contributed by atoms with Crippen LogP contribution in [0.15, 0.2) is 34.5 Å². The maximum Gasteiger partial charge on any atom is 0.195 e. The number of fused-ring (bicyclic) bond motifs is 1. The maximum absolute atomic E-state index is 12.6. The van der Waals surface area contributed by atoms with Gasteiger partial charge in [-0.3, -0.25) is 0 Å². The van der Waals surface area contributed by atoms with Gasteiger partial charge in [0.15, 0.2) is 11.5 Å². The highest BCUT2D eigenvalue weighted by Gasteiger charge is 2.09. The average Bonchev–Trinajstić information content (AvgIpc) is 2.92. The van der Waals surface area contributed by atoms with Gasteiger partial charge < -0.3 is 15.1 Å². The summed E-state index contributed by atoms with van der Waals surface area (Å²) in [6, 6.07) is 5.83. The molecular formula is C16H22FN3O. The number of aromatic nitrogens is 1. The normalized spacial score (nSPS) is 12.1. The summed E-state index contributed by atoms with van der Waals surface area (Å²) < 4.78 is 18.4. The molecule has 4 nitrogen and oxygen atoms in total. The van der Waals surface area contributed by atoms with E-state index in [4.69, 9.17) is 10.2 Å². The third-order valence-electron chi connectivity index (χ3n) is 3.46. The largest absolute Gasteiger partial charge is 0.441 e. The van der Waals surface area contributed by atoms with E-state index in [0.29, 0.717) is 18.4 Å². The Labute approximate surface area is 124 Å². The molecule has 0 radical (unpaired) electrons. The van der Waals surface area contributed by atoms with Crippen molar-refractivity contribution in [1.29, 1.82) is 0 Å². The number of hydrogen-bond donors (Lipinski definition) is 1. The van der Waals surface area contributed by atoms with Gasteiger partial charge in [0.25, 0.3) is 0 Å². The minimum absolute atomic E-state index is 0.215. The topological polar surface area (TPSA) is 55.3 Å². The second kappa shape index (κ2) is 7.22. The van der Waals surface area contributed by atoms with E-state index < -0.39 is 0 Å². The van der Waals surface area contributed by atoms with Gasteiger partial charge in [-0.05, 0) is 24.1 Å². The number of nitrogens with two attached hydrogens (primary N) is 1. The highest BCUT2D eigenvalue weighted by molar-refractivity contribution is 5.77. The minimum Gasteiger partial charge on any atom is -0.441 e. The fourth-order valence-electron chi connectivity index (χ4n) is 2.17. The third kappa shape index (κ3) is 3.82. The van der Waals surface area contributed by atoms with E-state index in [-0.39, 0.29) is 6.54 Å². The molecule has 2 N–H and O–H groups in total. The first-order valence-corrected chi connectivity index (χ1v) is 7.26. The lowest BCUT2D eigenvalue weighted by Crippen LogP contribution is -2.23. The maximum atomic E-state index is 12.6. The SMILES string of the molecule is CCCCc1nc2ccc(N(C)C/C(=C/F)CN)cc2o1. The highest BCUT2D eigenvalue weighted by Crippen LogP contribution is 2.23. The molecule has 0 amide bonds. The summed E-state index contributed by atoms with van der Waals surface area (Å²) in [7, 11) is 1.90. The molecular weight excluding hydrogens is 269 g/mol. The van der Waals surface area contributed by atoms with Crippen molar-refractivity contribution in [3.63, 3.8) is 0 Å². The van der Waals surface area contributed by atoms with Crippen molar-refractivity contribution < 1.29 is 8.81 Å². The summed E-state index contributed by atoms with van der Waals surface area (Å²) in [5, 5.41) is 0. The molecule has 0 bridgehead atoms. The van der Waals surface area contributed by atoms with Gasteiger partial charge in [-0.25, -0.2) is 9.37 Å². The third-order valence-corrected chi connectivity index (χ3v) is 3.46. The minimum atomic E-state index is 0.215. The molecule has 0 atom stereocenters. The number of unbranched alkanes of at least 4 members (excludes halogenated alkanes) is 1. The molecule has 0 saturated carbocycles. The molecule has 1 aromatic heterocycles. The Kier molecular flexibility index (Phi) is 5.33. The van der Waals surface area contributed by atoms with Crippen LogP contribution in [0.2, 0.25) is 0 Å². The zero-order valence-corrected chi connectivity index (χ0v) is 12.6. The van der Waals surface area contributed by atoms with Crippen LogP contribution in [0.25, 0.3) is 11.1 Å². The summed E-state index contributed by atoms with van der Waals surface area (Å²) in [4.78, 5) is 6.40. The lowest BCUT2D eigenvalue weighted by Gasteiger charge is -2.19. The molecule has 5 heteroatoms. The summed E-state index contributed by atoms with van der Waals surface area (Å²) in [6.45, 7) is 2.81. The molecule has 0 unspecified atom stereocenters. The number of benzene rings is 1. The number of anilines is 1. The van der Waals surface area contributed by atoms with Crippen LogP contribution in [-0.4, -0.2) is 25.1 Å². The molecule has 2 aromatic rings. The smallest absolute Gasteiger partial charge is 0.195 e. The first-order valence-electron chi connectivity index (χ1n) is 7.26. The van der Waals surface area contributed by atoms with Crippen molar-refractivity contribution in [1.82, 2.24) is 4.98 Å². The zero-order chi connectivity index (χ0) is 15.2. The molecule has 0 aliphatic heterocycles. The lowest BCUT2D eigenvalue weighted by molar-refractivity contribution is 0.517. The van der Waals surface area contributed by atoms with Gasteiger partial charge in [-0.15, -0.1) is 0 Å². The number of aryl methyl sites for hydroxylation is 1. The van der Waals surface area contributed by atoms with Crippen molar-refractivity contribution in [2.45, 2.75) is 26.2 Å². The molecule has 21 heavy (non-hydrogen) atoms. The van der Waals surface area contributed by atoms with E-state index >= 15 is 0 Å². The van der Waals surface area contributed by atoms with Crippen LogP contribution in [0.4, 0.5) is 10.1 Å². The Morgan fingerprint density at radius 1 is 1.48 bits per heavy atom. The van der Waals surface area contributed by atoms with E-state index in [1.165, 1.54) is 0 Å². The molecule has 1 heterocycles. The Morgan fingerprint density at radius 3 is 2.95 bits per heavy atom. The quantitative estimate of drug-likeness (QED) is 0.849. The first-order chi connectivity index (χ1) is 10.2. The van der Waals surface area contributed by atoms with Gasteiger partial charge in [0.1, 0.15) is 5.52 Å². The average molecular weight is 291 g/mol. The molecule has 0 aliphatic rings. The molecule has 2 rings (SSSR count). The summed E-state index contributed by atoms with van der Waals surface area (Å²) in [6.07, 6.45) is 3.62. The summed E-state index contributed by atoms with van der Waals surface area (Å²) in [5.74, 6) is 0.776. The molecule has 0 spiro atoms. The second-order valence-corrected chi connectivity index (χ2v) is 5.19. The Hall–Kier alpha value is -1.88. The van der Waals surface area contributed by atoms with Gasteiger partial charge in [0.2, 0.25) is 0 Å². The lowest BCUT2D eigenvalue weighted by atomic mass is 10.2. The van der Waals surface area contributed by atoms with Crippen molar-refractivity contribution in [3.05, 3.63) is 36.0 Å². The van der Waals surface area contributed by atoms with Crippen LogP contribution in [0.3, 0.4) is 0 Å². The number of halogens is 1. The fraction of sp³-hybridized carbons (Fsp3) is 0.438. The Balaban J connectivity index is 2.17. The van der Waals surface area contributed by atoms with Gasteiger partial charge >= 0.3 is 0 Å². The molecule has 0 fully saturated rings. The van der Waals surface area contributed by atoms with Crippen LogP contribution < -0.4 is 10.6 Å². The zero-order valence-electron chi connectivity index (χ0n) is 12.6. The number of nitrogens with zero attached hydrogens (tertiary/aromatic N) is 2. The van der Waals surface area contributed by atoms with Gasteiger partial charge in [0.05, 0.1) is 6.33 Å². The van der Waals surface area contributed by atoms with Gasteiger partial charge in [0, 0.05) is 38.3 Å². The fourth-order valence-corrected chi connectivity index (χ4v) is 2.17. The van der Waals surface area contributed by atoms with E-state index in [0.717, 1.165) is 41.9 Å². The van der Waals surface area contributed by atoms with Crippen LogP contribution in [0.5, 0.6) is 0 Å².